The predicted molar refractivity (Wildman–Crippen MR) is 73.5 cm³/mol. The Balaban J connectivity index is 1.87. The van der Waals surface area contributed by atoms with Crippen LogP contribution in [0.3, 0.4) is 0 Å². The highest BCUT2D eigenvalue weighted by atomic mass is 35.5. The van der Waals surface area contributed by atoms with Crippen molar-refractivity contribution in [3.05, 3.63) is 52.2 Å². The second kappa shape index (κ2) is 5.89. The zero-order valence-corrected chi connectivity index (χ0v) is 11.6. The first-order valence-corrected chi connectivity index (χ1v) is 6.41. The summed E-state index contributed by atoms with van der Waals surface area (Å²) in [4.78, 5) is 16.0. The number of aryl methyl sites for hydroxylation is 2. The molecule has 1 aromatic heterocycles. The van der Waals surface area contributed by atoms with Crippen LogP contribution >= 0.6 is 11.6 Å². The van der Waals surface area contributed by atoms with Gasteiger partial charge in [0.15, 0.2) is 5.89 Å². The van der Waals surface area contributed by atoms with Crippen molar-refractivity contribution >= 4 is 17.5 Å². The minimum absolute atomic E-state index is 0.120. The second-order valence-corrected chi connectivity index (χ2v) is 4.69. The van der Waals surface area contributed by atoms with Crippen molar-refractivity contribution in [3.63, 3.8) is 0 Å². The predicted octanol–water partition coefficient (Wildman–Crippen LogP) is 2.92. The number of aromatic nitrogens is 1. The maximum Gasteiger partial charge on any atom is 0.251 e. The van der Waals surface area contributed by atoms with Gasteiger partial charge in [-0.05, 0) is 31.2 Å². The molecule has 1 heterocycles. The van der Waals surface area contributed by atoms with Crippen LogP contribution in [0.2, 0.25) is 5.02 Å². The van der Waals surface area contributed by atoms with E-state index in [0.29, 0.717) is 29.4 Å². The molecule has 0 radical (unpaired) electrons. The second-order valence-electron chi connectivity index (χ2n) is 4.25. The third-order valence-corrected chi connectivity index (χ3v) is 3.00. The van der Waals surface area contributed by atoms with Crippen molar-refractivity contribution in [1.29, 1.82) is 0 Å². The number of oxazole rings is 1. The minimum atomic E-state index is -0.120. The molecule has 0 unspecified atom stereocenters. The molecule has 0 saturated heterocycles. The first kappa shape index (κ1) is 13.6. The summed E-state index contributed by atoms with van der Waals surface area (Å²) in [6.45, 7) is 4.21. The van der Waals surface area contributed by atoms with Crippen LogP contribution in [0.15, 0.2) is 28.7 Å². The van der Waals surface area contributed by atoms with E-state index in [2.05, 4.69) is 10.3 Å². The number of rotatable bonds is 4. The molecule has 0 aliphatic carbocycles. The van der Waals surface area contributed by atoms with Crippen LogP contribution in [-0.2, 0) is 6.42 Å². The van der Waals surface area contributed by atoms with Gasteiger partial charge in [0.2, 0.25) is 0 Å². The number of amides is 1. The molecule has 0 fully saturated rings. The van der Waals surface area contributed by atoms with E-state index in [9.17, 15) is 4.79 Å². The lowest BCUT2D eigenvalue weighted by molar-refractivity contribution is 0.0953. The van der Waals surface area contributed by atoms with Gasteiger partial charge in [-0.25, -0.2) is 4.98 Å². The number of nitrogens with one attached hydrogen (secondary N) is 1. The van der Waals surface area contributed by atoms with Crippen molar-refractivity contribution < 1.29 is 9.21 Å². The SMILES string of the molecule is Cc1nc(C)c(CCNC(=O)c2ccc(Cl)cc2)o1. The van der Waals surface area contributed by atoms with Gasteiger partial charge in [-0.15, -0.1) is 0 Å². The molecule has 100 valence electrons. The van der Waals surface area contributed by atoms with E-state index < -0.39 is 0 Å². The van der Waals surface area contributed by atoms with Crippen LogP contribution in [0.25, 0.3) is 0 Å². The summed E-state index contributed by atoms with van der Waals surface area (Å²) in [6.07, 6.45) is 0.631. The molecule has 1 amide bonds. The van der Waals surface area contributed by atoms with Gasteiger partial charge in [0.25, 0.3) is 5.91 Å². The molecule has 0 saturated carbocycles. The van der Waals surface area contributed by atoms with E-state index in [4.69, 9.17) is 16.0 Å². The number of carbonyl (C=O) groups is 1. The van der Waals surface area contributed by atoms with Gasteiger partial charge in [0.05, 0.1) is 5.69 Å². The zero-order valence-electron chi connectivity index (χ0n) is 10.9. The lowest BCUT2D eigenvalue weighted by Crippen LogP contribution is -2.25. The normalized spacial score (nSPS) is 10.5. The Bertz CT molecular complexity index is 576. The van der Waals surface area contributed by atoms with E-state index in [1.807, 2.05) is 13.8 Å². The lowest BCUT2D eigenvalue weighted by Gasteiger charge is -2.04. The molecule has 5 heteroatoms. The molecule has 0 aliphatic heterocycles. The zero-order chi connectivity index (χ0) is 13.8. The fourth-order valence-corrected chi connectivity index (χ4v) is 1.92. The van der Waals surface area contributed by atoms with Crippen molar-refractivity contribution in [2.45, 2.75) is 20.3 Å². The highest BCUT2D eigenvalue weighted by molar-refractivity contribution is 6.30. The van der Waals surface area contributed by atoms with Gasteiger partial charge < -0.3 is 9.73 Å². The van der Waals surface area contributed by atoms with Gasteiger partial charge in [0.1, 0.15) is 5.76 Å². The average Bonchev–Trinajstić information content (AvgIpc) is 2.68. The van der Waals surface area contributed by atoms with Gasteiger partial charge in [0, 0.05) is 30.5 Å². The molecule has 2 aromatic rings. The number of nitrogens with zero attached hydrogens (tertiary/aromatic N) is 1. The summed E-state index contributed by atoms with van der Waals surface area (Å²) < 4.78 is 5.44. The van der Waals surface area contributed by atoms with Gasteiger partial charge in [-0.2, -0.15) is 0 Å². The van der Waals surface area contributed by atoms with Crippen LogP contribution < -0.4 is 5.32 Å². The largest absolute Gasteiger partial charge is 0.446 e. The van der Waals surface area contributed by atoms with E-state index in [1.165, 1.54) is 0 Å². The average molecular weight is 279 g/mol. The van der Waals surface area contributed by atoms with Crippen molar-refractivity contribution in [1.82, 2.24) is 10.3 Å². The summed E-state index contributed by atoms with van der Waals surface area (Å²) in [6, 6.07) is 6.78. The van der Waals surface area contributed by atoms with Gasteiger partial charge >= 0.3 is 0 Å². The lowest BCUT2D eigenvalue weighted by atomic mass is 10.2. The van der Waals surface area contributed by atoms with Crippen molar-refractivity contribution in [2.24, 2.45) is 0 Å². The number of benzene rings is 1. The summed E-state index contributed by atoms with van der Waals surface area (Å²) in [5.74, 6) is 1.34. The Hall–Kier alpha value is -1.81. The third-order valence-electron chi connectivity index (χ3n) is 2.74. The Morgan fingerprint density at radius 2 is 2.00 bits per heavy atom. The monoisotopic (exact) mass is 278 g/mol. The summed E-state index contributed by atoms with van der Waals surface area (Å²) in [5.41, 5.74) is 1.47. The fraction of sp³-hybridized carbons (Fsp3) is 0.286. The topological polar surface area (TPSA) is 55.1 Å². The maximum absolute atomic E-state index is 11.8. The maximum atomic E-state index is 11.8. The highest BCUT2D eigenvalue weighted by Crippen LogP contribution is 2.10. The molecule has 0 aliphatic rings. The van der Waals surface area contributed by atoms with Gasteiger partial charge in [-0.1, -0.05) is 11.6 Å². The van der Waals surface area contributed by atoms with Crippen LogP contribution in [0.4, 0.5) is 0 Å². The Labute approximate surface area is 116 Å². The summed E-state index contributed by atoms with van der Waals surface area (Å²) in [5, 5.41) is 3.45. The number of halogens is 1. The molecule has 0 bridgehead atoms. The molecule has 1 aromatic carbocycles. The number of hydrogen-bond donors (Lipinski definition) is 1. The fourth-order valence-electron chi connectivity index (χ4n) is 1.80. The number of hydrogen-bond acceptors (Lipinski definition) is 3. The summed E-state index contributed by atoms with van der Waals surface area (Å²) >= 11 is 5.77. The van der Waals surface area contributed by atoms with E-state index in [-0.39, 0.29) is 5.91 Å². The van der Waals surface area contributed by atoms with E-state index in [0.717, 1.165) is 11.5 Å². The highest BCUT2D eigenvalue weighted by Gasteiger charge is 2.08. The van der Waals surface area contributed by atoms with E-state index in [1.54, 1.807) is 24.3 Å². The van der Waals surface area contributed by atoms with Crippen molar-refractivity contribution in [2.75, 3.05) is 6.54 Å². The van der Waals surface area contributed by atoms with Gasteiger partial charge in [-0.3, -0.25) is 4.79 Å². The quantitative estimate of drug-likeness (QED) is 0.935. The molecule has 0 spiro atoms. The molecule has 2 rings (SSSR count). The van der Waals surface area contributed by atoms with Crippen LogP contribution in [0.5, 0.6) is 0 Å². The molecule has 4 nitrogen and oxygen atoms in total. The molecule has 19 heavy (non-hydrogen) atoms. The smallest absolute Gasteiger partial charge is 0.251 e. The summed E-state index contributed by atoms with van der Waals surface area (Å²) in [7, 11) is 0. The van der Waals surface area contributed by atoms with E-state index >= 15 is 0 Å². The first-order chi connectivity index (χ1) is 9.06. The van der Waals surface area contributed by atoms with Crippen LogP contribution in [0, 0.1) is 13.8 Å². The Kier molecular flexibility index (Phi) is 4.22. The van der Waals surface area contributed by atoms with Crippen molar-refractivity contribution in [3.8, 4) is 0 Å². The Morgan fingerprint density at radius 1 is 1.32 bits per heavy atom. The molecular weight excluding hydrogens is 264 g/mol. The van der Waals surface area contributed by atoms with Crippen LogP contribution in [0.1, 0.15) is 27.7 Å². The molecule has 1 N–H and O–H groups in total. The molecule has 0 atom stereocenters. The standard InChI is InChI=1S/C14H15ClN2O2/c1-9-13(19-10(2)17-9)7-8-16-14(18)11-3-5-12(15)6-4-11/h3-6H,7-8H2,1-2H3,(H,16,18). The third kappa shape index (κ3) is 3.58. The Morgan fingerprint density at radius 3 is 2.58 bits per heavy atom. The molecular formula is C14H15ClN2O2. The number of carbonyl (C=O) groups excluding carboxylic acids is 1. The van der Waals surface area contributed by atoms with Crippen LogP contribution in [-0.4, -0.2) is 17.4 Å². The minimum Gasteiger partial charge on any atom is -0.446 e. The first-order valence-electron chi connectivity index (χ1n) is 6.03.